The summed E-state index contributed by atoms with van der Waals surface area (Å²) in [4.78, 5) is 27.2. The third kappa shape index (κ3) is 4.32. The van der Waals surface area contributed by atoms with E-state index in [1.165, 1.54) is 4.90 Å². The molecule has 1 aliphatic rings. The van der Waals surface area contributed by atoms with Crippen LogP contribution in [0.1, 0.15) is 30.5 Å². The maximum atomic E-state index is 12.9. The quantitative estimate of drug-likeness (QED) is 0.320. The van der Waals surface area contributed by atoms with Gasteiger partial charge in [0, 0.05) is 25.3 Å². The van der Waals surface area contributed by atoms with Gasteiger partial charge in [-0.3, -0.25) is 9.59 Å². The number of Topliss-reactive ketones (excluding diaryl/α,β-unsaturated/α-hetero) is 1. The van der Waals surface area contributed by atoms with Crippen LogP contribution in [0.4, 0.5) is 0 Å². The highest BCUT2D eigenvalue weighted by Gasteiger charge is 2.45. The molecule has 2 aromatic carbocycles. The molecule has 0 saturated carbocycles. The molecule has 6 nitrogen and oxygen atoms in total. The fraction of sp³-hybridized carbons (Fsp3) is 0.304. The fourth-order valence-corrected chi connectivity index (χ4v) is 3.48. The molecule has 2 aromatic rings. The zero-order valence-electron chi connectivity index (χ0n) is 16.6. The highest BCUT2D eigenvalue weighted by Crippen LogP contribution is 2.39. The Morgan fingerprint density at radius 3 is 2.38 bits per heavy atom. The normalized spacial score (nSPS) is 18.3. The molecule has 6 heteroatoms. The molecular weight excluding hydrogens is 370 g/mol. The smallest absolute Gasteiger partial charge is 0.295 e. The number of nitrogens with zero attached hydrogens (tertiary/aromatic N) is 1. The Hall–Kier alpha value is -3.12. The van der Waals surface area contributed by atoms with Crippen molar-refractivity contribution in [3.05, 3.63) is 71.3 Å². The Labute approximate surface area is 170 Å². The lowest BCUT2D eigenvalue weighted by molar-refractivity contribution is -0.140. The van der Waals surface area contributed by atoms with Gasteiger partial charge in [-0.15, -0.1) is 0 Å². The van der Waals surface area contributed by atoms with Crippen molar-refractivity contribution in [2.45, 2.75) is 19.4 Å². The summed E-state index contributed by atoms with van der Waals surface area (Å²) in [6.45, 7) is 3.37. The van der Waals surface area contributed by atoms with E-state index in [1.807, 2.05) is 37.3 Å². The van der Waals surface area contributed by atoms with Gasteiger partial charge in [-0.05, 0) is 43.2 Å². The van der Waals surface area contributed by atoms with Crippen LogP contribution < -0.4 is 4.74 Å². The molecule has 1 atom stereocenters. The Morgan fingerprint density at radius 1 is 1.07 bits per heavy atom. The molecule has 1 aliphatic heterocycles. The van der Waals surface area contributed by atoms with Crippen LogP contribution in [0.5, 0.6) is 5.75 Å². The Balaban J connectivity index is 2.02. The minimum Gasteiger partial charge on any atom is -0.507 e. The van der Waals surface area contributed by atoms with Crippen molar-refractivity contribution < 1.29 is 24.2 Å². The number of methoxy groups -OCH3 is 1. The van der Waals surface area contributed by atoms with E-state index in [9.17, 15) is 14.7 Å². The van der Waals surface area contributed by atoms with Crippen molar-refractivity contribution >= 4 is 17.4 Å². The van der Waals surface area contributed by atoms with Crippen LogP contribution in [-0.2, 0) is 14.3 Å². The minimum absolute atomic E-state index is 0.0998. The van der Waals surface area contributed by atoms with E-state index < -0.39 is 17.7 Å². The first-order valence-electron chi connectivity index (χ1n) is 9.64. The van der Waals surface area contributed by atoms with Gasteiger partial charge in [-0.2, -0.15) is 0 Å². The summed E-state index contributed by atoms with van der Waals surface area (Å²) in [6, 6.07) is 15.4. The van der Waals surface area contributed by atoms with Crippen molar-refractivity contribution in [3.8, 4) is 5.75 Å². The summed E-state index contributed by atoms with van der Waals surface area (Å²) in [5.41, 5.74) is 1.33. The van der Waals surface area contributed by atoms with Gasteiger partial charge in [0.2, 0.25) is 0 Å². The average molecular weight is 395 g/mol. The van der Waals surface area contributed by atoms with Crippen molar-refractivity contribution in [2.75, 3.05) is 26.9 Å². The standard InChI is InChI=1S/C23H25NO5/c1-3-29-15-7-14-24-20(16-8-5-4-6-9-16)19(22(26)23(24)27)21(25)17-10-12-18(28-2)13-11-17/h4-6,8-13,20,25H,3,7,14-15H2,1-2H3/b21-19+. The lowest BCUT2D eigenvalue weighted by Crippen LogP contribution is -2.31. The molecule has 1 saturated heterocycles. The Morgan fingerprint density at radius 2 is 1.76 bits per heavy atom. The van der Waals surface area contributed by atoms with Gasteiger partial charge < -0.3 is 19.5 Å². The predicted molar refractivity (Wildman–Crippen MR) is 110 cm³/mol. The molecule has 3 rings (SSSR count). The minimum atomic E-state index is -0.677. The highest BCUT2D eigenvalue weighted by atomic mass is 16.5. The van der Waals surface area contributed by atoms with Crippen LogP contribution in [-0.4, -0.2) is 48.6 Å². The second-order valence-electron chi connectivity index (χ2n) is 6.68. The highest BCUT2D eigenvalue weighted by molar-refractivity contribution is 6.46. The topological polar surface area (TPSA) is 76.1 Å². The molecule has 0 radical (unpaired) electrons. The van der Waals surface area contributed by atoms with Gasteiger partial charge in [-0.1, -0.05) is 30.3 Å². The average Bonchev–Trinajstić information content (AvgIpc) is 3.01. The van der Waals surface area contributed by atoms with Gasteiger partial charge in [0.25, 0.3) is 11.7 Å². The Kier molecular flexibility index (Phi) is 6.67. The summed E-state index contributed by atoms with van der Waals surface area (Å²) in [6.07, 6.45) is 0.604. The molecule has 0 aromatic heterocycles. The van der Waals surface area contributed by atoms with Crippen molar-refractivity contribution in [1.29, 1.82) is 0 Å². The van der Waals surface area contributed by atoms with Crippen molar-refractivity contribution in [3.63, 3.8) is 0 Å². The van der Waals surface area contributed by atoms with Crippen LogP contribution in [0, 0.1) is 0 Å². The van der Waals surface area contributed by atoms with Gasteiger partial charge in [-0.25, -0.2) is 0 Å². The molecule has 1 unspecified atom stereocenters. The summed E-state index contributed by atoms with van der Waals surface area (Å²) in [7, 11) is 1.55. The fourth-order valence-electron chi connectivity index (χ4n) is 3.48. The van der Waals surface area contributed by atoms with Crippen LogP contribution in [0.2, 0.25) is 0 Å². The second kappa shape index (κ2) is 9.39. The van der Waals surface area contributed by atoms with E-state index in [-0.39, 0.29) is 11.3 Å². The third-order valence-electron chi connectivity index (χ3n) is 4.91. The first-order chi connectivity index (χ1) is 14.1. The van der Waals surface area contributed by atoms with Crippen LogP contribution in [0.25, 0.3) is 5.76 Å². The van der Waals surface area contributed by atoms with E-state index in [0.717, 1.165) is 5.56 Å². The van der Waals surface area contributed by atoms with E-state index in [4.69, 9.17) is 9.47 Å². The number of aliphatic hydroxyl groups excluding tert-OH is 1. The lowest BCUT2D eigenvalue weighted by atomic mass is 9.95. The van der Waals surface area contributed by atoms with E-state index in [1.54, 1.807) is 31.4 Å². The number of aliphatic hydroxyl groups is 1. The van der Waals surface area contributed by atoms with Gasteiger partial charge in [0.1, 0.15) is 11.5 Å². The van der Waals surface area contributed by atoms with E-state index in [0.29, 0.717) is 37.5 Å². The molecular formula is C23H25NO5. The van der Waals surface area contributed by atoms with E-state index in [2.05, 4.69) is 0 Å². The van der Waals surface area contributed by atoms with Gasteiger partial charge >= 0.3 is 0 Å². The Bertz CT molecular complexity index is 889. The van der Waals surface area contributed by atoms with Crippen LogP contribution in [0.15, 0.2) is 60.2 Å². The molecule has 1 fully saturated rings. The van der Waals surface area contributed by atoms with Crippen molar-refractivity contribution in [1.82, 2.24) is 4.90 Å². The number of rotatable bonds is 8. The zero-order chi connectivity index (χ0) is 20.8. The van der Waals surface area contributed by atoms with Crippen LogP contribution >= 0.6 is 0 Å². The maximum Gasteiger partial charge on any atom is 0.295 e. The number of likely N-dealkylation sites (tertiary alicyclic amines) is 1. The second-order valence-corrected chi connectivity index (χ2v) is 6.68. The van der Waals surface area contributed by atoms with Gasteiger partial charge in [0.05, 0.1) is 18.7 Å². The summed E-state index contributed by atoms with van der Waals surface area (Å²) in [5.74, 6) is -0.835. The number of carbonyl (C=O) groups excluding carboxylic acids is 2. The molecule has 1 amide bonds. The maximum absolute atomic E-state index is 12.9. The summed E-state index contributed by atoms with van der Waals surface area (Å²) >= 11 is 0. The predicted octanol–water partition coefficient (Wildman–Crippen LogP) is 3.54. The molecule has 29 heavy (non-hydrogen) atoms. The SMILES string of the molecule is CCOCCCN1C(=O)C(=O)/C(=C(/O)c2ccc(OC)cc2)C1c1ccccc1. The largest absolute Gasteiger partial charge is 0.507 e. The molecule has 1 heterocycles. The molecule has 0 bridgehead atoms. The number of carbonyl (C=O) groups is 2. The molecule has 0 spiro atoms. The summed E-state index contributed by atoms with van der Waals surface area (Å²) < 4.78 is 10.5. The zero-order valence-corrected chi connectivity index (χ0v) is 16.6. The molecule has 1 N–H and O–H groups in total. The summed E-state index contributed by atoms with van der Waals surface area (Å²) in [5, 5.41) is 10.9. The lowest BCUT2D eigenvalue weighted by Gasteiger charge is -2.25. The number of benzene rings is 2. The van der Waals surface area contributed by atoms with Crippen LogP contribution in [0.3, 0.4) is 0 Å². The molecule has 152 valence electrons. The number of hydrogen-bond donors (Lipinski definition) is 1. The van der Waals surface area contributed by atoms with Crippen molar-refractivity contribution in [2.24, 2.45) is 0 Å². The third-order valence-corrected chi connectivity index (χ3v) is 4.91. The van der Waals surface area contributed by atoms with E-state index >= 15 is 0 Å². The number of hydrogen-bond acceptors (Lipinski definition) is 5. The number of ketones is 1. The van der Waals surface area contributed by atoms with Gasteiger partial charge in [0.15, 0.2) is 0 Å². The monoisotopic (exact) mass is 395 g/mol. The first kappa shape index (κ1) is 20.6. The molecule has 0 aliphatic carbocycles. The number of amides is 1. The first-order valence-corrected chi connectivity index (χ1v) is 9.64. The number of ether oxygens (including phenoxy) is 2.